The molecule has 0 spiro atoms. The van der Waals surface area contributed by atoms with Crippen LogP contribution in [0.2, 0.25) is 0 Å². The Kier molecular flexibility index (Phi) is 6.54. The zero-order chi connectivity index (χ0) is 24.2. The first-order valence-corrected chi connectivity index (χ1v) is 12.1. The predicted octanol–water partition coefficient (Wildman–Crippen LogP) is 6.07. The number of hydrogen-bond acceptors (Lipinski definition) is 7. The smallest absolute Gasteiger partial charge is 0.338 e. The van der Waals surface area contributed by atoms with Crippen LogP contribution in [0.15, 0.2) is 70.3 Å². The van der Waals surface area contributed by atoms with Crippen molar-refractivity contribution in [2.45, 2.75) is 25.7 Å². The number of thiophene rings is 1. The Balaban J connectivity index is 1.44. The van der Waals surface area contributed by atoms with Crippen molar-refractivity contribution in [3.8, 4) is 11.3 Å². The first-order valence-electron chi connectivity index (χ1n) is 11.3. The number of aryl methyl sites for hydroxylation is 1. The molecule has 0 unspecified atom stereocenters. The Morgan fingerprint density at radius 1 is 1.11 bits per heavy atom. The summed E-state index contributed by atoms with van der Waals surface area (Å²) in [6, 6.07) is 14.3. The summed E-state index contributed by atoms with van der Waals surface area (Å²) in [4.78, 5) is 35.3. The third kappa shape index (κ3) is 4.79. The van der Waals surface area contributed by atoms with Crippen LogP contribution in [-0.2, 0) is 17.6 Å². The minimum atomic E-state index is -0.430. The van der Waals surface area contributed by atoms with Crippen molar-refractivity contribution in [3.05, 3.63) is 88.3 Å². The Morgan fingerprint density at radius 3 is 2.80 bits per heavy atom. The number of nitrogens with one attached hydrogen (secondary N) is 1. The Bertz CT molecular complexity index is 1410. The summed E-state index contributed by atoms with van der Waals surface area (Å²) in [7, 11) is 1.35. The molecule has 7 nitrogen and oxygen atoms in total. The molecule has 176 valence electrons. The molecule has 5 rings (SSSR count). The van der Waals surface area contributed by atoms with E-state index in [1.54, 1.807) is 66.3 Å². The van der Waals surface area contributed by atoms with Gasteiger partial charge in [-0.1, -0.05) is 18.2 Å². The quantitative estimate of drug-likeness (QED) is 0.264. The lowest BCUT2D eigenvalue weighted by Gasteiger charge is -2.12. The van der Waals surface area contributed by atoms with Gasteiger partial charge in [0, 0.05) is 16.6 Å². The molecule has 0 saturated carbocycles. The summed E-state index contributed by atoms with van der Waals surface area (Å²) in [6.07, 6.45) is 8.89. The highest BCUT2D eigenvalue weighted by molar-refractivity contribution is 7.16. The molecule has 0 fully saturated rings. The van der Waals surface area contributed by atoms with E-state index in [1.165, 1.54) is 12.0 Å². The fraction of sp³-hybridized carbons (Fsp3) is 0.185. The molecule has 1 N–H and O–H groups in total. The van der Waals surface area contributed by atoms with E-state index in [9.17, 15) is 9.59 Å². The molecule has 4 aromatic rings. The Labute approximate surface area is 206 Å². The van der Waals surface area contributed by atoms with Crippen molar-refractivity contribution < 1.29 is 18.7 Å². The van der Waals surface area contributed by atoms with Crippen molar-refractivity contribution in [1.82, 2.24) is 4.98 Å². The number of ether oxygens (including phenoxy) is 1. The van der Waals surface area contributed by atoms with E-state index in [4.69, 9.17) is 9.15 Å². The number of nitrogens with zero attached hydrogens (tertiary/aromatic N) is 2. The number of fused-ring (bicyclic) bond motifs is 1. The number of hydrogen-bond donors (Lipinski definition) is 1. The maximum absolute atomic E-state index is 13.2. The summed E-state index contributed by atoms with van der Waals surface area (Å²) in [5.41, 5.74) is 3.41. The summed E-state index contributed by atoms with van der Waals surface area (Å²) in [5.74, 6) is 0.439. The van der Waals surface area contributed by atoms with Crippen LogP contribution in [0.3, 0.4) is 0 Å². The third-order valence-corrected chi connectivity index (χ3v) is 7.03. The zero-order valence-electron chi connectivity index (χ0n) is 19.1. The van der Waals surface area contributed by atoms with Gasteiger partial charge in [-0.3, -0.25) is 9.78 Å². The number of carbonyl (C=O) groups excluding carboxylic acids is 2. The molecule has 0 bridgehead atoms. The summed E-state index contributed by atoms with van der Waals surface area (Å²) < 4.78 is 10.8. The number of aromatic nitrogens is 1. The molecule has 35 heavy (non-hydrogen) atoms. The van der Waals surface area contributed by atoms with E-state index in [2.05, 4.69) is 15.3 Å². The second kappa shape index (κ2) is 10.1. The fourth-order valence-corrected chi connectivity index (χ4v) is 5.41. The molecule has 0 atom stereocenters. The van der Waals surface area contributed by atoms with Gasteiger partial charge < -0.3 is 14.5 Å². The number of carbonyl (C=O) groups is 2. The number of aliphatic imine (C=N–C) groups is 1. The van der Waals surface area contributed by atoms with Crippen molar-refractivity contribution in [2.24, 2.45) is 4.99 Å². The number of amides is 1. The van der Waals surface area contributed by atoms with Gasteiger partial charge in [0.05, 0.1) is 36.3 Å². The van der Waals surface area contributed by atoms with Crippen molar-refractivity contribution in [1.29, 1.82) is 0 Å². The fourth-order valence-electron chi connectivity index (χ4n) is 4.18. The summed E-state index contributed by atoms with van der Waals surface area (Å²) in [6.45, 7) is 0. The second-order valence-electron chi connectivity index (χ2n) is 8.08. The molecule has 0 saturated heterocycles. The number of pyridine rings is 1. The van der Waals surface area contributed by atoms with E-state index < -0.39 is 5.97 Å². The molecular formula is C27H23N3O4S. The number of furan rings is 1. The SMILES string of the molecule is COC(=O)c1ccccc1-c1ccc(C=Nc2sc3c(c2C(=O)Nc2cccnc2)CCCC3)o1. The minimum absolute atomic E-state index is 0.184. The summed E-state index contributed by atoms with van der Waals surface area (Å²) >= 11 is 1.56. The van der Waals surface area contributed by atoms with Gasteiger partial charge >= 0.3 is 5.97 Å². The highest BCUT2D eigenvalue weighted by Crippen LogP contribution is 2.40. The van der Waals surface area contributed by atoms with Crippen LogP contribution in [0.4, 0.5) is 10.7 Å². The van der Waals surface area contributed by atoms with E-state index >= 15 is 0 Å². The highest BCUT2D eigenvalue weighted by atomic mass is 32.1. The number of benzene rings is 1. The van der Waals surface area contributed by atoms with Gasteiger partial charge in [0.25, 0.3) is 5.91 Å². The maximum Gasteiger partial charge on any atom is 0.338 e. The topological polar surface area (TPSA) is 93.8 Å². The third-order valence-electron chi connectivity index (χ3n) is 5.83. The molecular weight excluding hydrogens is 462 g/mol. The highest BCUT2D eigenvalue weighted by Gasteiger charge is 2.25. The average molecular weight is 486 g/mol. The molecule has 0 radical (unpaired) electrons. The van der Waals surface area contributed by atoms with E-state index in [-0.39, 0.29) is 5.91 Å². The standard InChI is InChI=1S/C27H23N3O4S/c1-33-27(32)20-9-3-2-8-19(20)22-13-12-18(34-22)16-29-26-24(21-10-4-5-11-23(21)35-26)25(31)30-17-7-6-14-28-15-17/h2-3,6-9,12-16H,4-5,10-11H2,1H3,(H,30,31). The molecule has 1 aliphatic rings. The first kappa shape index (κ1) is 22.7. The number of rotatable bonds is 6. The van der Waals surface area contributed by atoms with Gasteiger partial charge in [0.2, 0.25) is 0 Å². The van der Waals surface area contributed by atoms with Crippen LogP contribution >= 0.6 is 11.3 Å². The second-order valence-corrected chi connectivity index (χ2v) is 9.17. The molecule has 1 amide bonds. The number of methoxy groups -OCH3 is 1. The van der Waals surface area contributed by atoms with Crippen LogP contribution in [0.5, 0.6) is 0 Å². The average Bonchev–Trinajstić information content (AvgIpc) is 3.52. The molecule has 3 aromatic heterocycles. The van der Waals surface area contributed by atoms with Crippen LogP contribution in [-0.4, -0.2) is 30.2 Å². The van der Waals surface area contributed by atoms with Gasteiger partial charge in [-0.25, -0.2) is 9.79 Å². The monoisotopic (exact) mass is 485 g/mol. The van der Waals surface area contributed by atoms with Gasteiger partial charge in [0.15, 0.2) is 0 Å². The first-order chi connectivity index (χ1) is 17.1. The zero-order valence-corrected chi connectivity index (χ0v) is 19.9. The maximum atomic E-state index is 13.2. The largest absolute Gasteiger partial charge is 0.465 e. The Morgan fingerprint density at radius 2 is 1.97 bits per heavy atom. The van der Waals surface area contributed by atoms with Crippen LogP contribution in [0.1, 0.15) is 49.8 Å². The lowest BCUT2D eigenvalue weighted by molar-refractivity contribution is 0.0601. The summed E-state index contributed by atoms with van der Waals surface area (Å²) in [5, 5.41) is 3.60. The van der Waals surface area contributed by atoms with E-state index in [0.717, 1.165) is 31.2 Å². The van der Waals surface area contributed by atoms with Gasteiger partial charge in [-0.2, -0.15) is 0 Å². The molecule has 1 aliphatic carbocycles. The van der Waals surface area contributed by atoms with Gasteiger partial charge in [0.1, 0.15) is 16.5 Å². The predicted molar refractivity (Wildman–Crippen MR) is 136 cm³/mol. The molecule has 1 aromatic carbocycles. The van der Waals surface area contributed by atoms with Gasteiger partial charge in [-0.05, 0) is 61.6 Å². The van der Waals surface area contributed by atoms with Crippen LogP contribution in [0, 0.1) is 0 Å². The molecule has 3 heterocycles. The van der Waals surface area contributed by atoms with E-state index in [0.29, 0.717) is 38.9 Å². The molecule has 8 heteroatoms. The molecule has 0 aliphatic heterocycles. The Hall–Kier alpha value is -4.04. The van der Waals surface area contributed by atoms with Crippen molar-refractivity contribution in [2.75, 3.05) is 12.4 Å². The lowest BCUT2D eigenvalue weighted by Crippen LogP contribution is -2.14. The lowest BCUT2D eigenvalue weighted by atomic mass is 9.95. The number of esters is 1. The number of anilines is 1. The van der Waals surface area contributed by atoms with Crippen molar-refractivity contribution in [3.63, 3.8) is 0 Å². The van der Waals surface area contributed by atoms with Crippen LogP contribution in [0.25, 0.3) is 11.3 Å². The van der Waals surface area contributed by atoms with Gasteiger partial charge in [-0.15, -0.1) is 11.3 Å². The minimum Gasteiger partial charge on any atom is -0.465 e. The normalized spacial score (nSPS) is 12.9. The van der Waals surface area contributed by atoms with E-state index in [1.807, 2.05) is 12.1 Å². The van der Waals surface area contributed by atoms with Crippen LogP contribution < -0.4 is 5.32 Å². The van der Waals surface area contributed by atoms with Crippen molar-refractivity contribution >= 4 is 40.1 Å².